The van der Waals surface area contributed by atoms with Gasteiger partial charge in [-0.1, -0.05) is 6.07 Å². The van der Waals surface area contributed by atoms with E-state index in [1.54, 1.807) is 7.11 Å². The van der Waals surface area contributed by atoms with Gasteiger partial charge in [0.15, 0.2) is 0 Å². The number of methoxy groups -OCH3 is 1. The summed E-state index contributed by atoms with van der Waals surface area (Å²) in [4.78, 5) is 0. The number of hydrogen-bond donors (Lipinski definition) is 1. The lowest BCUT2D eigenvalue weighted by atomic mass is 9.98. The Morgan fingerprint density at radius 3 is 3.00 bits per heavy atom. The summed E-state index contributed by atoms with van der Waals surface area (Å²) in [5.41, 5.74) is 0.765. The molecule has 0 radical (unpaired) electrons. The van der Waals surface area contributed by atoms with Crippen molar-refractivity contribution in [1.29, 1.82) is 0 Å². The maximum Gasteiger partial charge on any atom is 0.144 e. The fourth-order valence-corrected chi connectivity index (χ4v) is 2.64. The van der Waals surface area contributed by atoms with Crippen LogP contribution < -0.4 is 10.1 Å². The van der Waals surface area contributed by atoms with Gasteiger partial charge in [-0.05, 0) is 59.4 Å². The molecule has 88 valence electrons. The predicted molar refractivity (Wildman–Crippen MR) is 65.3 cm³/mol. The minimum atomic E-state index is -0.189. The van der Waals surface area contributed by atoms with E-state index in [2.05, 4.69) is 21.2 Å². The highest BCUT2D eigenvalue weighted by Crippen LogP contribution is 2.31. The fourth-order valence-electron chi connectivity index (χ4n) is 2.09. The van der Waals surface area contributed by atoms with Crippen molar-refractivity contribution in [2.45, 2.75) is 12.8 Å². The van der Waals surface area contributed by atoms with Gasteiger partial charge in [-0.25, -0.2) is 4.39 Å². The monoisotopic (exact) mass is 287 g/mol. The third kappa shape index (κ3) is 2.38. The van der Waals surface area contributed by atoms with Crippen LogP contribution >= 0.6 is 15.9 Å². The van der Waals surface area contributed by atoms with Gasteiger partial charge in [0.1, 0.15) is 11.6 Å². The molecule has 2 rings (SSSR count). The number of hydrogen-bond acceptors (Lipinski definition) is 2. The lowest BCUT2D eigenvalue weighted by Crippen LogP contribution is -2.11. The summed E-state index contributed by atoms with van der Waals surface area (Å²) in [6.45, 7) is 2.03. The summed E-state index contributed by atoms with van der Waals surface area (Å²) in [5, 5.41) is 3.29. The molecule has 4 heteroatoms. The van der Waals surface area contributed by atoms with Crippen molar-refractivity contribution in [3.05, 3.63) is 28.0 Å². The molecule has 1 saturated heterocycles. The molecule has 0 aliphatic carbocycles. The Morgan fingerprint density at radius 2 is 2.38 bits per heavy atom. The van der Waals surface area contributed by atoms with Crippen molar-refractivity contribution < 1.29 is 9.13 Å². The Labute approximate surface area is 103 Å². The molecule has 1 unspecified atom stereocenters. The van der Waals surface area contributed by atoms with Crippen molar-refractivity contribution in [2.75, 3.05) is 20.2 Å². The molecule has 1 fully saturated rings. The van der Waals surface area contributed by atoms with Crippen LogP contribution in [0.25, 0.3) is 0 Å². The summed E-state index contributed by atoms with van der Waals surface area (Å²) in [5.74, 6) is 0.909. The highest BCUT2D eigenvalue weighted by atomic mass is 79.9. The molecule has 1 aliphatic heterocycles. The molecule has 0 spiro atoms. The summed E-state index contributed by atoms with van der Waals surface area (Å²) >= 11 is 3.22. The molecule has 1 aliphatic rings. The highest BCUT2D eigenvalue weighted by molar-refractivity contribution is 9.10. The zero-order valence-electron chi connectivity index (χ0n) is 9.22. The van der Waals surface area contributed by atoms with Crippen molar-refractivity contribution in [2.24, 2.45) is 5.92 Å². The Balaban J connectivity index is 2.18. The van der Waals surface area contributed by atoms with Gasteiger partial charge in [-0.2, -0.15) is 0 Å². The van der Waals surface area contributed by atoms with Gasteiger partial charge in [0.05, 0.1) is 11.6 Å². The van der Waals surface area contributed by atoms with Gasteiger partial charge in [-0.3, -0.25) is 0 Å². The topological polar surface area (TPSA) is 21.3 Å². The van der Waals surface area contributed by atoms with Gasteiger partial charge in [0, 0.05) is 0 Å². The number of halogens is 2. The maximum atomic E-state index is 14.0. The van der Waals surface area contributed by atoms with Crippen LogP contribution in [-0.4, -0.2) is 20.2 Å². The van der Waals surface area contributed by atoms with Crippen LogP contribution in [0.15, 0.2) is 16.6 Å². The van der Waals surface area contributed by atoms with E-state index in [1.807, 2.05) is 12.1 Å². The van der Waals surface area contributed by atoms with Crippen LogP contribution in [-0.2, 0) is 6.42 Å². The second-order valence-electron chi connectivity index (χ2n) is 4.12. The third-order valence-electron chi connectivity index (χ3n) is 3.02. The normalized spacial score (nSPS) is 20.1. The molecular weight excluding hydrogens is 273 g/mol. The Kier molecular flexibility index (Phi) is 3.82. The van der Waals surface area contributed by atoms with E-state index < -0.39 is 0 Å². The van der Waals surface area contributed by atoms with E-state index in [0.717, 1.165) is 31.5 Å². The number of rotatable bonds is 3. The van der Waals surface area contributed by atoms with Crippen LogP contribution in [0, 0.1) is 11.7 Å². The van der Waals surface area contributed by atoms with Crippen LogP contribution in [0.2, 0.25) is 0 Å². The highest BCUT2D eigenvalue weighted by Gasteiger charge is 2.18. The zero-order chi connectivity index (χ0) is 11.5. The maximum absolute atomic E-state index is 14.0. The molecule has 1 aromatic carbocycles. The zero-order valence-corrected chi connectivity index (χ0v) is 10.8. The number of nitrogens with one attached hydrogen (secondary N) is 1. The largest absolute Gasteiger partial charge is 0.495 e. The van der Waals surface area contributed by atoms with E-state index >= 15 is 0 Å². The molecule has 0 saturated carbocycles. The first-order valence-corrected chi connectivity index (χ1v) is 6.23. The molecule has 1 aromatic rings. The summed E-state index contributed by atoms with van der Waals surface area (Å²) in [6.07, 6.45) is 1.92. The first-order valence-electron chi connectivity index (χ1n) is 5.44. The molecule has 0 bridgehead atoms. The molecule has 2 nitrogen and oxygen atoms in total. The third-order valence-corrected chi connectivity index (χ3v) is 3.76. The Morgan fingerprint density at radius 1 is 1.56 bits per heavy atom. The number of ether oxygens (including phenoxy) is 1. The molecule has 0 aromatic heterocycles. The van der Waals surface area contributed by atoms with Crippen molar-refractivity contribution in [3.8, 4) is 5.75 Å². The molecule has 1 N–H and O–H groups in total. The van der Waals surface area contributed by atoms with Crippen molar-refractivity contribution >= 4 is 15.9 Å². The average Bonchev–Trinajstić information content (AvgIpc) is 2.78. The van der Waals surface area contributed by atoms with E-state index in [9.17, 15) is 4.39 Å². The van der Waals surface area contributed by atoms with Gasteiger partial charge in [0.25, 0.3) is 0 Å². The lowest BCUT2D eigenvalue weighted by molar-refractivity contribution is 0.406. The first-order chi connectivity index (χ1) is 7.72. The van der Waals surface area contributed by atoms with E-state index in [-0.39, 0.29) is 5.82 Å². The quantitative estimate of drug-likeness (QED) is 0.923. The van der Waals surface area contributed by atoms with Crippen LogP contribution in [0.3, 0.4) is 0 Å². The van der Waals surface area contributed by atoms with Crippen LogP contribution in [0.5, 0.6) is 5.75 Å². The van der Waals surface area contributed by atoms with Gasteiger partial charge < -0.3 is 10.1 Å². The van der Waals surface area contributed by atoms with Crippen molar-refractivity contribution in [3.63, 3.8) is 0 Å². The number of benzene rings is 1. The molecule has 0 amide bonds. The van der Waals surface area contributed by atoms with Gasteiger partial charge >= 0.3 is 0 Å². The second kappa shape index (κ2) is 5.15. The standard InChI is InChI=1S/C12H15BrFNO/c1-16-10-3-2-9(12(14)11(10)13)6-8-4-5-15-7-8/h2-3,8,15H,4-7H2,1H3. The summed E-state index contributed by atoms with van der Waals surface area (Å²) in [6, 6.07) is 3.63. The summed E-state index contributed by atoms with van der Waals surface area (Å²) in [7, 11) is 1.54. The Hall–Kier alpha value is -0.610. The molecule has 1 heterocycles. The van der Waals surface area contributed by atoms with E-state index in [4.69, 9.17) is 4.74 Å². The van der Waals surface area contributed by atoms with E-state index in [1.165, 1.54) is 0 Å². The van der Waals surface area contributed by atoms with Crippen molar-refractivity contribution in [1.82, 2.24) is 5.32 Å². The SMILES string of the molecule is COc1ccc(CC2CCNC2)c(F)c1Br. The van der Waals surface area contributed by atoms with Gasteiger partial charge in [0.2, 0.25) is 0 Å². The average molecular weight is 288 g/mol. The Bertz CT molecular complexity index is 378. The molecule has 1 atom stereocenters. The minimum Gasteiger partial charge on any atom is -0.495 e. The molecule has 16 heavy (non-hydrogen) atoms. The van der Waals surface area contributed by atoms with E-state index in [0.29, 0.717) is 16.1 Å². The minimum absolute atomic E-state index is 0.189. The summed E-state index contributed by atoms with van der Waals surface area (Å²) < 4.78 is 19.4. The smallest absolute Gasteiger partial charge is 0.144 e. The fraction of sp³-hybridized carbons (Fsp3) is 0.500. The lowest BCUT2D eigenvalue weighted by Gasteiger charge is -2.12. The molecular formula is C12H15BrFNO. The van der Waals surface area contributed by atoms with Crippen LogP contribution in [0.1, 0.15) is 12.0 Å². The van der Waals surface area contributed by atoms with Gasteiger partial charge in [-0.15, -0.1) is 0 Å². The predicted octanol–water partition coefficient (Wildman–Crippen LogP) is 2.75. The first kappa shape index (κ1) is 11.9. The second-order valence-corrected chi connectivity index (χ2v) is 4.91. The van der Waals surface area contributed by atoms with Crippen LogP contribution in [0.4, 0.5) is 4.39 Å².